The zero-order valence-electron chi connectivity index (χ0n) is 11.6. The van der Waals surface area contributed by atoms with Gasteiger partial charge in [0.1, 0.15) is 6.54 Å². The number of carbonyl (C=O) groups is 3. The average Bonchev–Trinajstić information content (AvgIpc) is 2.47. The van der Waals surface area contributed by atoms with Crippen LogP contribution in [0.2, 0.25) is 0 Å². The van der Waals surface area contributed by atoms with Crippen LogP contribution < -0.4 is 4.90 Å². The van der Waals surface area contributed by atoms with E-state index in [9.17, 15) is 14.4 Å². The molecule has 1 N–H and O–H groups in total. The fourth-order valence-corrected chi connectivity index (χ4v) is 2.91. The van der Waals surface area contributed by atoms with Crippen molar-refractivity contribution in [1.29, 1.82) is 0 Å². The van der Waals surface area contributed by atoms with E-state index in [2.05, 4.69) is 0 Å². The van der Waals surface area contributed by atoms with Gasteiger partial charge in [-0.3, -0.25) is 14.4 Å². The van der Waals surface area contributed by atoms with E-state index >= 15 is 0 Å². The fourth-order valence-electron chi connectivity index (χ4n) is 1.97. The lowest BCUT2D eigenvalue weighted by Gasteiger charge is -2.29. The van der Waals surface area contributed by atoms with Crippen molar-refractivity contribution < 1.29 is 19.5 Å². The molecule has 2 amide bonds. The Balaban J connectivity index is 2.06. The van der Waals surface area contributed by atoms with Crippen molar-refractivity contribution in [2.75, 3.05) is 30.8 Å². The van der Waals surface area contributed by atoms with Crippen LogP contribution in [-0.4, -0.2) is 53.7 Å². The van der Waals surface area contributed by atoms with Gasteiger partial charge in [-0.2, -0.15) is 0 Å². The van der Waals surface area contributed by atoms with E-state index in [0.29, 0.717) is 5.75 Å². The van der Waals surface area contributed by atoms with E-state index in [4.69, 9.17) is 5.11 Å². The summed E-state index contributed by atoms with van der Waals surface area (Å²) in [5.41, 5.74) is 0.735. The molecule has 1 aromatic rings. The van der Waals surface area contributed by atoms with Gasteiger partial charge in [-0.1, -0.05) is 12.1 Å². The molecule has 1 heterocycles. The molecular weight excluding hydrogens is 292 g/mol. The van der Waals surface area contributed by atoms with Crippen LogP contribution in [0.3, 0.4) is 0 Å². The number of anilines is 1. The number of hydrogen-bond donors (Lipinski definition) is 1. The van der Waals surface area contributed by atoms with Gasteiger partial charge < -0.3 is 14.9 Å². The standard InChI is InChI=1S/C14H16N2O4S/c1-15(7-6-14(19)20)12(17)8-16-10-4-2-3-5-11(10)21-9-13(16)18/h2-5H,6-9H2,1H3,(H,19,20). The number of carboxylic acids is 1. The molecule has 7 heteroatoms. The van der Waals surface area contributed by atoms with Crippen molar-refractivity contribution in [3.63, 3.8) is 0 Å². The Morgan fingerprint density at radius 2 is 2.10 bits per heavy atom. The van der Waals surface area contributed by atoms with Crippen molar-refractivity contribution in [2.45, 2.75) is 11.3 Å². The maximum atomic E-state index is 12.1. The predicted molar refractivity (Wildman–Crippen MR) is 79.4 cm³/mol. The van der Waals surface area contributed by atoms with Crippen molar-refractivity contribution in [3.8, 4) is 0 Å². The van der Waals surface area contributed by atoms with Gasteiger partial charge in [0.05, 0.1) is 17.9 Å². The van der Waals surface area contributed by atoms with Crippen molar-refractivity contribution in [1.82, 2.24) is 4.90 Å². The smallest absolute Gasteiger partial charge is 0.305 e. The molecule has 6 nitrogen and oxygen atoms in total. The first kappa shape index (κ1) is 15.4. The van der Waals surface area contributed by atoms with Gasteiger partial charge in [-0.25, -0.2) is 0 Å². The Morgan fingerprint density at radius 3 is 2.81 bits per heavy atom. The number of aliphatic carboxylic acids is 1. The first-order chi connectivity index (χ1) is 9.99. The van der Waals surface area contributed by atoms with Crippen LogP contribution in [0.25, 0.3) is 0 Å². The topological polar surface area (TPSA) is 77.9 Å². The van der Waals surface area contributed by atoms with Crippen LogP contribution in [-0.2, 0) is 14.4 Å². The molecule has 0 aromatic heterocycles. The van der Waals surface area contributed by atoms with Crippen LogP contribution in [0.1, 0.15) is 6.42 Å². The molecule has 1 aliphatic heterocycles. The number of nitrogens with zero attached hydrogens (tertiary/aromatic N) is 2. The largest absolute Gasteiger partial charge is 0.481 e. The molecule has 0 aliphatic carbocycles. The first-order valence-corrected chi connectivity index (χ1v) is 7.45. The minimum atomic E-state index is -0.953. The Labute approximate surface area is 126 Å². The minimum Gasteiger partial charge on any atom is -0.481 e. The second-order valence-corrected chi connectivity index (χ2v) is 5.71. The molecule has 0 atom stereocenters. The van der Waals surface area contributed by atoms with Gasteiger partial charge >= 0.3 is 5.97 Å². The highest BCUT2D eigenvalue weighted by Gasteiger charge is 2.27. The summed E-state index contributed by atoms with van der Waals surface area (Å²) in [5.74, 6) is -1.03. The fraction of sp³-hybridized carbons (Fsp3) is 0.357. The van der Waals surface area contributed by atoms with Crippen LogP contribution in [0, 0.1) is 0 Å². The molecule has 0 saturated heterocycles. The van der Waals surface area contributed by atoms with Gasteiger partial charge in [0.15, 0.2) is 0 Å². The van der Waals surface area contributed by atoms with Crippen molar-refractivity contribution in [2.24, 2.45) is 0 Å². The van der Waals surface area contributed by atoms with Crippen LogP contribution >= 0.6 is 11.8 Å². The summed E-state index contributed by atoms with van der Waals surface area (Å²) in [5, 5.41) is 8.63. The molecule has 0 unspecified atom stereocenters. The highest BCUT2D eigenvalue weighted by molar-refractivity contribution is 8.00. The van der Waals surface area contributed by atoms with E-state index in [0.717, 1.165) is 10.6 Å². The predicted octanol–water partition coefficient (Wildman–Crippen LogP) is 1.06. The van der Waals surface area contributed by atoms with Gasteiger partial charge in [0.25, 0.3) is 0 Å². The lowest BCUT2D eigenvalue weighted by atomic mass is 10.2. The molecule has 0 saturated carbocycles. The number of hydrogen-bond acceptors (Lipinski definition) is 4. The SMILES string of the molecule is CN(CCC(=O)O)C(=O)CN1C(=O)CSc2ccccc21. The summed E-state index contributed by atoms with van der Waals surface area (Å²) in [7, 11) is 1.54. The molecule has 0 spiro atoms. The number of carboxylic acid groups (broad SMARTS) is 1. The van der Waals surface area contributed by atoms with Crippen LogP contribution in [0.15, 0.2) is 29.2 Å². The third-order valence-electron chi connectivity index (χ3n) is 3.19. The van der Waals surface area contributed by atoms with E-state index < -0.39 is 5.97 Å². The quantitative estimate of drug-likeness (QED) is 0.880. The summed E-state index contributed by atoms with van der Waals surface area (Å²) in [6.07, 6.45) is -0.109. The number of rotatable bonds is 5. The molecule has 0 radical (unpaired) electrons. The summed E-state index contributed by atoms with van der Waals surface area (Å²) in [6, 6.07) is 7.44. The molecule has 2 rings (SSSR count). The number of thioether (sulfide) groups is 1. The summed E-state index contributed by atoms with van der Waals surface area (Å²) in [4.78, 5) is 38.4. The van der Waals surface area contributed by atoms with Gasteiger partial charge in [-0.15, -0.1) is 11.8 Å². The number of fused-ring (bicyclic) bond motifs is 1. The molecular formula is C14H16N2O4S. The van der Waals surface area contributed by atoms with Gasteiger partial charge in [-0.05, 0) is 12.1 Å². The average molecular weight is 308 g/mol. The van der Waals surface area contributed by atoms with Crippen molar-refractivity contribution in [3.05, 3.63) is 24.3 Å². The summed E-state index contributed by atoms with van der Waals surface area (Å²) < 4.78 is 0. The Kier molecular flexibility index (Phi) is 4.85. The lowest BCUT2D eigenvalue weighted by molar-refractivity contribution is -0.138. The second kappa shape index (κ2) is 6.62. The first-order valence-electron chi connectivity index (χ1n) is 6.47. The Morgan fingerprint density at radius 1 is 1.38 bits per heavy atom. The van der Waals surface area contributed by atoms with Crippen molar-refractivity contribution >= 4 is 35.2 Å². The van der Waals surface area contributed by atoms with E-state index in [1.807, 2.05) is 24.3 Å². The van der Waals surface area contributed by atoms with E-state index in [-0.39, 0.29) is 31.3 Å². The summed E-state index contributed by atoms with van der Waals surface area (Å²) in [6.45, 7) is 0.0686. The van der Waals surface area contributed by atoms with Crippen LogP contribution in [0.5, 0.6) is 0 Å². The monoisotopic (exact) mass is 308 g/mol. The highest BCUT2D eigenvalue weighted by atomic mass is 32.2. The molecule has 1 aromatic carbocycles. The highest BCUT2D eigenvalue weighted by Crippen LogP contribution is 2.34. The third kappa shape index (κ3) is 3.75. The zero-order chi connectivity index (χ0) is 15.4. The molecule has 0 bridgehead atoms. The minimum absolute atomic E-state index is 0.0630. The molecule has 21 heavy (non-hydrogen) atoms. The van der Waals surface area contributed by atoms with Crippen LogP contribution in [0.4, 0.5) is 5.69 Å². The maximum Gasteiger partial charge on any atom is 0.305 e. The lowest BCUT2D eigenvalue weighted by Crippen LogP contribution is -2.44. The third-order valence-corrected chi connectivity index (χ3v) is 4.24. The van der Waals surface area contributed by atoms with Gasteiger partial charge in [0.2, 0.25) is 11.8 Å². The Hall–Kier alpha value is -2.02. The number of benzene rings is 1. The molecule has 0 fully saturated rings. The van der Waals surface area contributed by atoms with E-state index in [1.165, 1.54) is 21.6 Å². The summed E-state index contributed by atoms with van der Waals surface area (Å²) >= 11 is 1.46. The number of carbonyl (C=O) groups excluding carboxylic acids is 2. The zero-order valence-corrected chi connectivity index (χ0v) is 12.4. The maximum absolute atomic E-state index is 12.1. The van der Waals surface area contributed by atoms with Gasteiger partial charge in [0, 0.05) is 18.5 Å². The number of para-hydroxylation sites is 1. The number of amides is 2. The normalized spacial score (nSPS) is 13.8. The second-order valence-electron chi connectivity index (χ2n) is 4.70. The van der Waals surface area contributed by atoms with E-state index in [1.54, 1.807) is 7.05 Å². The number of likely N-dealkylation sites (N-methyl/N-ethyl adjacent to an activating group) is 1. The molecule has 1 aliphatic rings. The Bertz CT molecular complexity index is 576. The molecule has 112 valence electrons.